The zero-order chi connectivity index (χ0) is 19.7. The lowest BCUT2D eigenvalue weighted by atomic mass is 10.1. The molecule has 28 heavy (non-hydrogen) atoms. The SMILES string of the molecule is COc1ccc(/C=N\NC(=O)c2ccc3c(=O)n4c(nc3c2)CCC4)cc1O. The molecule has 1 amide bonds. The van der Waals surface area contributed by atoms with Crippen LogP contribution < -0.4 is 15.7 Å². The number of phenolic OH excluding ortho intramolecular Hbond substituents is 1. The summed E-state index contributed by atoms with van der Waals surface area (Å²) in [5, 5.41) is 14.2. The average Bonchev–Trinajstić information content (AvgIpc) is 3.16. The van der Waals surface area contributed by atoms with Crippen LogP contribution in [0.3, 0.4) is 0 Å². The molecular formula is C20H18N4O4. The van der Waals surface area contributed by atoms with E-state index in [0.717, 1.165) is 18.7 Å². The Bertz CT molecular complexity index is 1170. The lowest BCUT2D eigenvalue weighted by Gasteiger charge is -2.06. The summed E-state index contributed by atoms with van der Waals surface area (Å²) in [6.45, 7) is 0.689. The summed E-state index contributed by atoms with van der Waals surface area (Å²) in [6.07, 6.45) is 3.08. The second-order valence-electron chi connectivity index (χ2n) is 6.45. The van der Waals surface area contributed by atoms with Crippen molar-refractivity contribution in [1.82, 2.24) is 15.0 Å². The minimum atomic E-state index is -0.418. The molecule has 0 unspecified atom stereocenters. The number of aromatic hydroxyl groups is 1. The first-order chi connectivity index (χ1) is 13.6. The monoisotopic (exact) mass is 378 g/mol. The van der Waals surface area contributed by atoms with Crippen LogP contribution in [0.2, 0.25) is 0 Å². The van der Waals surface area contributed by atoms with Crippen LogP contribution in [0.4, 0.5) is 0 Å². The molecule has 2 N–H and O–H groups in total. The van der Waals surface area contributed by atoms with Crippen molar-refractivity contribution in [2.24, 2.45) is 5.10 Å². The number of aromatic nitrogens is 2. The van der Waals surface area contributed by atoms with Crippen LogP contribution in [0.1, 0.15) is 28.2 Å². The number of benzene rings is 2. The van der Waals surface area contributed by atoms with Crippen LogP contribution in [-0.2, 0) is 13.0 Å². The largest absolute Gasteiger partial charge is 0.504 e. The fourth-order valence-electron chi connectivity index (χ4n) is 3.24. The summed E-state index contributed by atoms with van der Waals surface area (Å²) < 4.78 is 6.67. The highest BCUT2D eigenvalue weighted by atomic mass is 16.5. The van der Waals surface area contributed by atoms with Gasteiger partial charge in [0.15, 0.2) is 11.5 Å². The summed E-state index contributed by atoms with van der Waals surface area (Å²) in [6, 6.07) is 9.57. The number of ether oxygens (including phenoxy) is 1. The smallest absolute Gasteiger partial charge is 0.271 e. The molecule has 0 atom stereocenters. The molecule has 2 heterocycles. The summed E-state index contributed by atoms with van der Waals surface area (Å²) >= 11 is 0. The van der Waals surface area contributed by atoms with E-state index in [4.69, 9.17) is 4.74 Å². The van der Waals surface area contributed by atoms with Gasteiger partial charge in [-0.15, -0.1) is 0 Å². The van der Waals surface area contributed by atoms with Crippen molar-refractivity contribution >= 4 is 23.0 Å². The zero-order valence-electron chi connectivity index (χ0n) is 15.2. The highest BCUT2D eigenvalue weighted by molar-refractivity contribution is 5.98. The van der Waals surface area contributed by atoms with Crippen molar-refractivity contribution in [1.29, 1.82) is 0 Å². The molecule has 0 fully saturated rings. The fraction of sp³-hybridized carbons (Fsp3) is 0.200. The highest BCUT2D eigenvalue weighted by Crippen LogP contribution is 2.25. The number of carbonyl (C=O) groups is 1. The number of phenols is 1. The molecule has 3 aromatic rings. The number of aryl methyl sites for hydroxylation is 1. The third kappa shape index (κ3) is 3.20. The van der Waals surface area contributed by atoms with Crippen molar-refractivity contribution in [2.45, 2.75) is 19.4 Å². The molecule has 1 aliphatic heterocycles. The molecule has 4 rings (SSSR count). The van der Waals surface area contributed by atoms with E-state index in [-0.39, 0.29) is 11.3 Å². The molecule has 0 radical (unpaired) electrons. The maximum Gasteiger partial charge on any atom is 0.271 e. The minimum absolute atomic E-state index is 0.0165. The lowest BCUT2D eigenvalue weighted by molar-refractivity contribution is 0.0955. The fourth-order valence-corrected chi connectivity index (χ4v) is 3.24. The number of rotatable bonds is 4. The Balaban J connectivity index is 1.53. The van der Waals surface area contributed by atoms with Gasteiger partial charge in [-0.1, -0.05) is 0 Å². The number of nitrogens with zero attached hydrogens (tertiary/aromatic N) is 3. The summed E-state index contributed by atoms with van der Waals surface area (Å²) in [5.41, 5.74) is 3.83. The van der Waals surface area contributed by atoms with Crippen LogP contribution >= 0.6 is 0 Å². The molecule has 0 saturated carbocycles. The van der Waals surface area contributed by atoms with Crippen LogP contribution in [0, 0.1) is 0 Å². The van der Waals surface area contributed by atoms with Gasteiger partial charge in [0.1, 0.15) is 5.82 Å². The van der Waals surface area contributed by atoms with Gasteiger partial charge in [0.2, 0.25) is 0 Å². The lowest BCUT2D eigenvalue weighted by Crippen LogP contribution is -2.22. The molecule has 0 spiro atoms. The number of methoxy groups -OCH3 is 1. The Morgan fingerprint density at radius 3 is 2.96 bits per heavy atom. The van der Waals surface area contributed by atoms with E-state index < -0.39 is 5.91 Å². The molecular weight excluding hydrogens is 360 g/mol. The van der Waals surface area contributed by atoms with Gasteiger partial charge in [-0.2, -0.15) is 5.10 Å². The van der Waals surface area contributed by atoms with Gasteiger partial charge in [0.25, 0.3) is 11.5 Å². The third-order valence-electron chi connectivity index (χ3n) is 4.66. The summed E-state index contributed by atoms with van der Waals surface area (Å²) in [5.74, 6) is 0.676. The van der Waals surface area contributed by atoms with E-state index >= 15 is 0 Å². The van der Waals surface area contributed by atoms with E-state index in [2.05, 4.69) is 15.5 Å². The Morgan fingerprint density at radius 2 is 2.18 bits per heavy atom. The Hall–Kier alpha value is -3.68. The second kappa shape index (κ2) is 7.15. The quantitative estimate of drug-likeness (QED) is 0.532. The number of hydrazone groups is 1. The van der Waals surface area contributed by atoms with Crippen LogP contribution in [-0.4, -0.2) is 33.9 Å². The molecule has 0 bridgehead atoms. The Kier molecular flexibility index (Phi) is 4.52. The Morgan fingerprint density at radius 1 is 1.32 bits per heavy atom. The summed E-state index contributed by atoms with van der Waals surface area (Å²) in [7, 11) is 1.46. The van der Waals surface area contributed by atoms with E-state index in [1.165, 1.54) is 19.4 Å². The normalized spacial score (nSPS) is 13.0. The average molecular weight is 378 g/mol. The maximum atomic E-state index is 12.5. The van der Waals surface area contributed by atoms with Crippen LogP contribution in [0.15, 0.2) is 46.3 Å². The molecule has 142 valence electrons. The topological polar surface area (TPSA) is 106 Å². The first-order valence-corrected chi connectivity index (χ1v) is 8.80. The first kappa shape index (κ1) is 17.7. The van der Waals surface area contributed by atoms with Gasteiger partial charge in [0, 0.05) is 18.5 Å². The minimum Gasteiger partial charge on any atom is -0.504 e. The van der Waals surface area contributed by atoms with Crippen molar-refractivity contribution in [2.75, 3.05) is 7.11 Å². The third-order valence-corrected chi connectivity index (χ3v) is 4.66. The van der Waals surface area contributed by atoms with Crippen molar-refractivity contribution in [3.8, 4) is 11.5 Å². The number of fused-ring (bicyclic) bond motifs is 2. The molecule has 0 aliphatic carbocycles. The summed E-state index contributed by atoms with van der Waals surface area (Å²) in [4.78, 5) is 29.4. The van der Waals surface area contributed by atoms with Gasteiger partial charge in [-0.3, -0.25) is 14.2 Å². The molecule has 1 aliphatic rings. The van der Waals surface area contributed by atoms with E-state index in [1.54, 1.807) is 34.9 Å². The Labute approximate surface area is 160 Å². The van der Waals surface area contributed by atoms with Crippen LogP contribution in [0.25, 0.3) is 10.9 Å². The van der Waals surface area contributed by atoms with E-state index in [1.807, 2.05) is 0 Å². The van der Waals surface area contributed by atoms with Gasteiger partial charge in [-0.25, -0.2) is 10.4 Å². The second-order valence-corrected chi connectivity index (χ2v) is 6.45. The number of hydrogen-bond acceptors (Lipinski definition) is 6. The van der Waals surface area contributed by atoms with Gasteiger partial charge in [-0.05, 0) is 48.4 Å². The van der Waals surface area contributed by atoms with Gasteiger partial charge in [0.05, 0.1) is 24.2 Å². The van der Waals surface area contributed by atoms with Crippen LogP contribution in [0.5, 0.6) is 11.5 Å². The standard InChI is InChI=1S/C20H18N4O4/c1-28-17-7-4-12(9-16(17)25)11-21-23-19(26)13-5-6-14-15(10-13)22-18-3-2-8-24(18)20(14)27/h4-7,9-11,25H,2-3,8H2,1H3,(H,23,26)/b21-11-. The molecule has 1 aromatic heterocycles. The molecule has 0 saturated heterocycles. The number of nitrogens with one attached hydrogen (secondary N) is 1. The predicted octanol–water partition coefficient (Wildman–Crippen LogP) is 1.82. The van der Waals surface area contributed by atoms with E-state index in [9.17, 15) is 14.7 Å². The number of amides is 1. The highest BCUT2D eigenvalue weighted by Gasteiger charge is 2.17. The van der Waals surface area contributed by atoms with Crippen molar-refractivity contribution < 1.29 is 14.6 Å². The van der Waals surface area contributed by atoms with Crippen molar-refractivity contribution in [3.05, 3.63) is 63.7 Å². The van der Waals surface area contributed by atoms with Crippen molar-refractivity contribution in [3.63, 3.8) is 0 Å². The van der Waals surface area contributed by atoms with E-state index in [0.29, 0.717) is 34.3 Å². The number of carbonyl (C=O) groups excluding carboxylic acids is 1. The maximum absolute atomic E-state index is 12.5. The first-order valence-electron chi connectivity index (χ1n) is 8.80. The number of hydrogen-bond donors (Lipinski definition) is 2. The predicted molar refractivity (Wildman–Crippen MR) is 104 cm³/mol. The molecule has 2 aromatic carbocycles. The molecule has 8 nitrogen and oxygen atoms in total. The zero-order valence-corrected chi connectivity index (χ0v) is 15.2. The van der Waals surface area contributed by atoms with Gasteiger partial charge < -0.3 is 9.84 Å². The van der Waals surface area contributed by atoms with Gasteiger partial charge >= 0.3 is 0 Å². The molecule has 8 heteroatoms.